The van der Waals surface area contributed by atoms with E-state index < -0.39 is 16.1 Å². The molecule has 0 bridgehead atoms. The quantitative estimate of drug-likeness (QED) is 0.768. The van der Waals surface area contributed by atoms with E-state index in [9.17, 15) is 13.2 Å². The maximum Gasteiger partial charge on any atom is 0.250 e. The summed E-state index contributed by atoms with van der Waals surface area (Å²) in [6.07, 6.45) is 2.09. The van der Waals surface area contributed by atoms with Crippen molar-refractivity contribution in [3.8, 4) is 0 Å². The normalized spacial score (nSPS) is 18.7. The number of hydrogen-bond acceptors (Lipinski definition) is 5. The average molecular weight is 396 g/mol. The van der Waals surface area contributed by atoms with Gasteiger partial charge in [-0.15, -0.1) is 23.7 Å². The Balaban J connectivity index is 0.00000288. The highest BCUT2D eigenvalue weighted by Gasteiger charge is 2.30. The number of sulfonamides is 1. The molecule has 1 fully saturated rings. The van der Waals surface area contributed by atoms with Gasteiger partial charge in [0.1, 0.15) is 4.21 Å². The molecule has 1 aliphatic rings. The zero-order valence-electron chi connectivity index (χ0n) is 14.0. The number of piperidine rings is 1. The number of nitrogens with two attached hydrogens (primary N) is 1. The maximum absolute atomic E-state index is 12.3. The number of halogens is 1. The predicted molar refractivity (Wildman–Crippen MR) is 98.9 cm³/mol. The summed E-state index contributed by atoms with van der Waals surface area (Å²) in [5, 5.41) is 1.74. The molecule has 2 atom stereocenters. The van der Waals surface area contributed by atoms with Crippen molar-refractivity contribution < 1.29 is 13.2 Å². The number of nitrogens with zero attached hydrogens (tertiary/aromatic N) is 1. The van der Waals surface area contributed by atoms with Crippen LogP contribution in [0.5, 0.6) is 0 Å². The summed E-state index contributed by atoms with van der Waals surface area (Å²) < 4.78 is 27.5. The molecule has 2 rings (SSSR count). The summed E-state index contributed by atoms with van der Waals surface area (Å²) in [6, 6.07) is 2.71. The third-order valence-corrected chi connectivity index (χ3v) is 7.35. The fraction of sp³-hybridized carbons (Fsp3) is 0.667. The van der Waals surface area contributed by atoms with Gasteiger partial charge in [0.25, 0.3) is 0 Å². The van der Waals surface area contributed by atoms with E-state index in [1.54, 1.807) is 22.4 Å². The van der Waals surface area contributed by atoms with E-state index in [1.165, 1.54) is 11.3 Å². The van der Waals surface area contributed by atoms with E-state index in [0.717, 1.165) is 6.42 Å². The van der Waals surface area contributed by atoms with E-state index >= 15 is 0 Å². The van der Waals surface area contributed by atoms with Crippen LogP contribution in [0.2, 0.25) is 0 Å². The highest BCUT2D eigenvalue weighted by Crippen LogP contribution is 2.19. The van der Waals surface area contributed by atoms with Crippen LogP contribution in [0.15, 0.2) is 21.7 Å². The fourth-order valence-electron chi connectivity index (χ4n) is 2.62. The van der Waals surface area contributed by atoms with Gasteiger partial charge in [-0.25, -0.2) is 13.1 Å². The van der Waals surface area contributed by atoms with Crippen molar-refractivity contribution in [3.05, 3.63) is 17.5 Å². The van der Waals surface area contributed by atoms with Crippen LogP contribution in [0.1, 0.15) is 33.1 Å². The van der Waals surface area contributed by atoms with Crippen molar-refractivity contribution in [3.63, 3.8) is 0 Å². The van der Waals surface area contributed by atoms with Gasteiger partial charge in [0.05, 0.1) is 6.04 Å². The van der Waals surface area contributed by atoms with Crippen molar-refractivity contribution in [2.45, 2.75) is 49.4 Å². The summed E-state index contributed by atoms with van der Waals surface area (Å²) in [4.78, 5) is 14.1. The van der Waals surface area contributed by atoms with Crippen molar-refractivity contribution in [1.29, 1.82) is 0 Å². The summed E-state index contributed by atoms with van der Waals surface area (Å²) in [5.41, 5.74) is 6.00. The lowest BCUT2D eigenvalue weighted by atomic mass is 9.97. The van der Waals surface area contributed by atoms with E-state index in [1.807, 2.05) is 13.8 Å². The van der Waals surface area contributed by atoms with Gasteiger partial charge in [0, 0.05) is 19.1 Å². The Kier molecular flexibility index (Phi) is 8.14. The molecule has 0 aromatic carbocycles. The Labute approximate surface area is 154 Å². The SMILES string of the molecule is CCC(C)C(N)C(=O)N1CCC(NS(=O)(=O)c2cccs2)CC1.Cl. The van der Waals surface area contributed by atoms with Gasteiger partial charge in [0.2, 0.25) is 15.9 Å². The molecule has 3 N–H and O–H groups in total. The number of amides is 1. The molecule has 24 heavy (non-hydrogen) atoms. The zero-order valence-corrected chi connectivity index (χ0v) is 16.4. The van der Waals surface area contributed by atoms with Crippen LogP contribution in [0.3, 0.4) is 0 Å². The standard InChI is InChI=1S/C15H25N3O3S2.ClH/c1-3-11(2)14(16)15(19)18-8-6-12(7-9-18)17-23(20,21)13-5-4-10-22-13;/h4-5,10-12,14,17H,3,6-9,16H2,1-2H3;1H. The fourth-order valence-corrected chi connectivity index (χ4v) is 4.93. The summed E-state index contributed by atoms with van der Waals surface area (Å²) in [6.45, 7) is 5.08. The molecule has 6 nitrogen and oxygen atoms in total. The lowest BCUT2D eigenvalue weighted by molar-refractivity contribution is -0.134. The largest absolute Gasteiger partial charge is 0.341 e. The molecule has 1 aromatic rings. The summed E-state index contributed by atoms with van der Waals surface area (Å²) in [5.74, 6) is 0.122. The van der Waals surface area contributed by atoms with Crippen LogP contribution in [-0.4, -0.2) is 44.4 Å². The zero-order chi connectivity index (χ0) is 17.0. The monoisotopic (exact) mass is 395 g/mol. The molecule has 1 amide bonds. The molecule has 9 heteroatoms. The van der Waals surface area contributed by atoms with Crippen molar-refractivity contribution >= 4 is 39.7 Å². The van der Waals surface area contributed by atoms with Gasteiger partial charge < -0.3 is 10.6 Å². The number of hydrogen-bond donors (Lipinski definition) is 2. The van der Waals surface area contributed by atoms with Gasteiger partial charge in [-0.05, 0) is 30.2 Å². The van der Waals surface area contributed by atoms with Crippen LogP contribution < -0.4 is 10.5 Å². The van der Waals surface area contributed by atoms with Crippen LogP contribution in [0.4, 0.5) is 0 Å². The Bertz CT molecular complexity index is 614. The van der Waals surface area contributed by atoms with E-state index in [0.29, 0.717) is 30.1 Å². The van der Waals surface area contributed by atoms with Crippen LogP contribution in [-0.2, 0) is 14.8 Å². The lowest BCUT2D eigenvalue weighted by Gasteiger charge is -2.34. The number of rotatable bonds is 6. The molecule has 0 saturated carbocycles. The third kappa shape index (κ3) is 5.16. The molecule has 1 aliphatic heterocycles. The van der Waals surface area contributed by atoms with Gasteiger partial charge in [-0.3, -0.25) is 4.79 Å². The van der Waals surface area contributed by atoms with Crippen molar-refractivity contribution in [1.82, 2.24) is 9.62 Å². The molecule has 1 saturated heterocycles. The first-order valence-electron chi connectivity index (χ1n) is 7.95. The molecule has 0 spiro atoms. The Morgan fingerprint density at radius 3 is 2.58 bits per heavy atom. The van der Waals surface area contributed by atoms with Crippen molar-refractivity contribution in [2.75, 3.05) is 13.1 Å². The summed E-state index contributed by atoms with van der Waals surface area (Å²) in [7, 11) is -3.45. The van der Waals surface area contributed by atoms with Gasteiger partial charge in [-0.1, -0.05) is 26.3 Å². The Hall–Kier alpha value is -0.670. The third-order valence-electron chi connectivity index (χ3n) is 4.43. The first-order chi connectivity index (χ1) is 10.8. The maximum atomic E-state index is 12.3. The Morgan fingerprint density at radius 1 is 1.46 bits per heavy atom. The topological polar surface area (TPSA) is 92.5 Å². The van der Waals surface area contributed by atoms with Crippen LogP contribution in [0, 0.1) is 5.92 Å². The molecule has 2 unspecified atom stereocenters. The smallest absolute Gasteiger partial charge is 0.250 e. The van der Waals surface area contributed by atoms with Crippen molar-refractivity contribution in [2.24, 2.45) is 11.7 Å². The molecule has 0 aliphatic carbocycles. The van der Waals surface area contributed by atoms with E-state index in [2.05, 4.69) is 4.72 Å². The van der Waals surface area contributed by atoms with Crippen LogP contribution >= 0.6 is 23.7 Å². The second kappa shape index (κ2) is 9.15. The highest BCUT2D eigenvalue weighted by molar-refractivity contribution is 7.91. The minimum atomic E-state index is -3.45. The molecule has 0 radical (unpaired) electrons. The minimum absolute atomic E-state index is 0. The van der Waals surface area contributed by atoms with Gasteiger partial charge in [-0.2, -0.15) is 0 Å². The number of thiophene rings is 1. The van der Waals surface area contributed by atoms with Gasteiger partial charge >= 0.3 is 0 Å². The second-order valence-corrected chi connectivity index (χ2v) is 8.95. The van der Waals surface area contributed by atoms with E-state index in [-0.39, 0.29) is 30.3 Å². The van der Waals surface area contributed by atoms with E-state index in [4.69, 9.17) is 5.73 Å². The molecular formula is C15H26ClN3O3S2. The summed E-state index contributed by atoms with van der Waals surface area (Å²) >= 11 is 1.20. The number of carbonyl (C=O) groups is 1. The molecule has 1 aromatic heterocycles. The second-order valence-electron chi connectivity index (χ2n) is 6.06. The average Bonchev–Trinajstić information content (AvgIpc) is 3.08. The predicted octanol–water partition coefficient (Wildman–Crippen LogP) is 1.81. The minimum Gasteiger partial charge on any atom is -0.341 e. The molecule has 138 valence electrons. The molecule has 2 heterocycles. The number of likely N-dealkylation sites (tertiary alicyclic amines) is 1. The molecular weight excluding hydrogens is 370 g/mol. The van der Waals surface area contributed by atoms with Crippen LogP contribution in [0.25, 0.3) is 0 Å². The first kappa shape index (κ1) is 21.4. The highest BCUT2D eigenvalue weighted by atomic mass is 35.5. The lowest BCUT2D eigenvalue weighted by Crippen LogP contribution is -2.52. The number of nitrogens with one attached hydrogen (secondary N) is 1. The Morgan fingerprint density at radius 2 is 2.08 bits per heavy atom. The van der Waals surface area contributed by atoms with Gasteiger partial charge in [0.15, 0.2) is 0 Å². The number of carbonyl (C=O) groups excluding carboxylic acids is 1. The first-order valence-corrected chi connectivity index (χ1v) is 10.3.